The molecule has 4 heterocycles. The zero-order valence-corrected chi connectivity index (χ0v) is 19.0. The second kappa shape index (κ2) is 8.16. The van der Waals surface area contributed by atoms with Crippen molar-refractivity contribution >= 4 is 38.0 Å². The number of aromatic amines is 1. The minimum absolute atomic E-state index is 0.0762. The van der Waals surface area contributed by atoms with Crippen molar-refractivity contribution in [2.24, 2.45) is 0 Å². The Bertz CT molecular complexity index is 1510. The Morgan fingerprint density at radius 2 is 1.73 bits per heavy atom. The molecule has 33 heavy (non-hydrogen) atoms. The molecule has 4 aromatic rings. The number of piperazine rings is 1. The number of aryl methyl sites for hydroxylation is 1. The normalized spacial score (nSPS) is 15.5. The predicted molar refractivity (Wildman–Crippen MR) is 123 cm³/mol. The SMILES string of the molecule is CCn1c(=O)n(CC(=O)N2CCN(S(=O)(=O)c3c[nH]c4ncccc34)CC2)c2ccccc21. The van der Waals surface area contributed by atoms with Gasteiger partial charge in [0, 0.05) is 50.5 Å². The maximum Gasteiger partial charge on any atom is 0.329 e. The quantitative estimate of drug-likeness (QED) is 0.473. The maximum absolute atomic E-state index is 13.2. The molecule has 1 aromatic carbocycles. The number of sulfonamides is 1. The second-order valence-corrected chi connectivity index (χ2v) is 9.85. The third kappa shape index (κ3) is 3.53. The molecule has 1 saturated heterocycles. The van der Waals surface area contributed by atoms with E-state index >= 15 is 0 Å². The number of amides is 1. The topological polar surface area (TPSA) is 113 Å². The number of rotatable bonds is 5. The largest absolute Gasteiger partial charge is 0.345 e. The van der Waals surface area contributed by atoms with Gasteiger partial charge in [-0.2, -0.15) is 4.31 Å². The van der Waals surface area contributed by atoms with Crippen LogP contribution < -0.4 is 5.69 Å². The van der Waals surface area contributed by atoms with Gasteiger partial charge in [-0.05, 0) is 31.2 Å². The highest BCUT2D eigenvalue weighted by atomic mass is 32.2. The number of imidazole rings is 1. The van der Waals surface area contributed by atoms with E-state index in [1.165, 1.54) is 15.1 Å². The Balaban J connectivity index is 1.32. The van der Waals surface area contributed by atoms with Crippen LogP contribution in [0.1, 0.15) is 6.92 Å². The van der Waals surface area contributed by atoms with Crippen LogP contribution in [0.15, 0.2) is 58.5 Å². The highest BCUT2D eigenvalue weighted by Gasteiger charge is 2.32. The van der Waals surface area contributed by atoms with E-state index in [0.29, 0.717) is 23.1 Å². The summed E-state index contributed by atoms with van der Waals surface area (Å²) in [5, 5.41) is 0.544. The molecule has 0 atom stereocenters. The van der Waals surface area contributed by atoms with Crippen LogP contribution in [0.2, 0.25) is 0 Å². The van der Waals surface area contributed by atoms with Gasteiger partial charge < -0.3 is 9.88 Å². The molecule has 172 valence electrons. The van der Waals surface area contributed by atoms with Gasteiger partial charge >= 0.3 is 5.69 Å². The lowest BCUT2D eigenvalue weighted by molar-refractivity contribution is -0.133. The number of benzene rings is 1. The molecular formula is C22H24N6O4S. The minimum Gasteiger partial charge on any atom is -0.345 e. The van der Waals surface area contributed by atoms with Gasteiger partial charge in [0.25, 0.3) is 0 Å². The number of pyridine rings is 1. The Morgan fingerprint density at radius 3 is 2.42 bits per heavy atom. The van der Waals surface area contributed by atoms with Gasteiger partial charge in [-0.15, -0.1) is 0 Å². The summed E-state index contributed by atoms with van der Waals surface area (Å²) in [4.78, 5) is 34.7. The summed E-state index contributed by atoms with van der Waals surface area (Å²) in [6, 6.07) is 10.8. The lowest BCUT2D eigenvalue weighted by Gasteiger charge is -2.34. The lowest BCUT2D eigenvalue weighted by Crippen LogP contribution is -2.51. The highest BCUT2D eigenvalue weighted by Crippen LogP contribution is 2.25. The van der Waals surface area contributed by atoms with Crippen molar-refractivity contribution in [2.75, 3.05) is 26.2 Å². The van der Waals surface area contributed by atoms with Crippen LogP contribution in [0, 0.1) is 0 Å². The molecule has 0 unspecified atom stereocenters. The van der Waals surface area contributed by atoms with E-state index in [-0.39, 0.29) is 49.2 Å². The van der Waals surface area contributed by atoms with E-state index in [0.717, 1.165) is 5.52 Å². The monoisotopic (exact) mass is 468 g/mol. The first-order chi connectivity index (χ1) is 15.9. The number of para-hydroxylation sites is 2. The molecule has 3 aromatic heterocycles. The van der Waals surface area contributed by atoms with Crippen molar-refractivity contribution in [2.45, 2.75) is 24.9 Å². The second-order valence-electron chi connectivity index (χ2n) is 7.94. The Labute approximate surface area is 190 Å². The molecule has 0 bridgehead atoms. The van der Waals surface area contributed by atoms with Crippen LogP contribution in [0.3, 0.4) is 0 Å². The van der Waals surface area contributed by atoms with Gasteiger partial charge in [0.05, 0.1) is 11.0 Å². The third-order valence-electron chi connectivity index (χ3n) is 6.16. The van der Waals surface area contributed by atoms with Crippen LogP contribution in [-0.4, -0.2) is 68.8 Å². The predicted octanol–water partition coefficient (Wildman–Crippen LogP) is 1.23. The third-order valence-corrected chi connectivity index (χ3v) is 8.10. The fourth-order valence-electron chi connectivity index (χ4n) is 4.43. The summed E-state index contributed by atoms with van der Waals surface area (Å²) in [6.45, 7) is 3.23. The molecule has 0 radical (unpaired) electrons. The summed E-state index contributed by atoms with van der Waals surface area (Å²) in [7, 11) is -3.72. The van der Waals surface area contributed by atoms with Crippen LogP contribution in [0.25, 0.3) is 22.1 Å². The molecular weight excluding hydrogens is 444 g/mol. The molecule has 5 rings (SSSR count). The fraction of sp³-hybridized carbons (Fsp3) is 0.318. The molecule has 1 amide bonds. The first kappa shape index (κ1) is 21.4. The summed E-state index contributed by atoms with van der Waals surface area (Å²) < 4.78 is 30.9. The van der Waals surface area contributed by atoms with E-state index in [1.54, 1.807) is 27.8 Å². The van der Waals surface area contributed by atoms with E-state index in [2.05, 4.69) is 9.97 Å². The Kier molecular flexibility index (Phi) is 5.29. The zero-order valence-electron chi connectivity index (χ0n) is 18.1. The number of hydrogen-bond acceptors (Lipinski definition) is 5. The smallest absolute Gasteiger partial charge is 0.329 e. The number of nitrogens with zero attached hydrogens (tertiary/aromatic N) is 5. The number of carbonyl (C=O) groups excluding carboxylic acids is 1. The molecule has 1 aliphatic heterocycles. The number of fused-ring (bicyclic) bond motifs is 2. The van der Waals surface area contributed by atoms with E-state index < -0.39 is 10.0 Å². The first-order valence-electron chi connectivity index (χ1n) is 10.8. The molecule has 1 aliphatic rings. The van der Waals surface area contributed by atoms with Crippen LogP contribution in [0.5, 0.6) is 0 Å². The van der Waals surface area contributed by atoms with Crippen molar-refractivity contribution in [1.82, 2.24) is 28.3 Å². The highest BCUT2D eigenvalue weighted by molar-refractivity contribution is 7.89. The van der Waals surface area contributed by atoms with Crippen molar-refractivity contribution < 1.29 is 13.2 Å². The average molecular weight is 469 g/mol. The molecule has 10 nitrogen and oxygen atoms in total. The molecule has 1 fully saturated rings. The van der Waals surface area contributed by atoms with E-state index in [1.807, 2.05) is 31.2 Å². The van der Waals surface area contributed by atoms with Crippen molar-refractivity contribution in [3.05, 3.63) is 59.3 Å². The van der Waals surface area contributed by atoms with Gasteiger partial charge in [0.15, 0.2) is 0 Å². The van der Waals surface area contributed by atoms with Crippen LogP contribution in [-0.2, 0) is 27.9 Å². The first-order valence-corrected chi connectivity index (χ1v) is 12.2. The molecule has 0 aliphatic carbocycles. The molecule has 1 N–H and O–H groups in total. The van der Waals surface area contributed by atoms with Gasteiger partial charge in [-0.3, -0.25) is 13.9 Å². The number of aromatic nitrogens is 4. The van der Waals surface area contributed by atoms with Crippen molar-refractivity contribution in [3.63, 3.8) is 0 Å². The molecule has 11 heteroatoms. The summed E-state index contributed by atoms with van der Waals surface area (Å²) >= 11 is 0. The van der Waals surface area contributed by atoms with Crippen molar-refractivity contribution in [3.8, 4) is 0 Å². The molecule has 0 saturated carbocycles. The number of carbonyl (C=O) groups is 1. The van der Waals surface area contributed by atoms with Crippen LogP contribution >= 0.6 is 0 Å². The van der Waals surface area contributed by atoms with Crippen molar-refractivity contribution in [1.29, 1.82) is 0 Å². The Hall–Kier alpha value is -3.44. The van der Waals surface area contributed by atoms with Gasteiger partial charge in [-0.25, -0.2) is 18.2 Å². The number of nitrogens with one attached hydrogen (secondary N) is 1. The minimum atomic E-state index is -3.72. The maximum atomic E-state index is 13.2. The fourth-order valence-corrected chi connectivity index (χ4v) is 6.00. The standard InChI is InChI=1S/C22H24N6O4S/c1-2-27-17-7-3-4-8-18(17)28(22(27)30)15-20(29)25-10-12-26(13-11-25)33(31,32)19-14-24-21-16(19)6-5-9-23-21/h3-9,14H,2,10-13,15H2,1H3,(H,23,24). The number of hydrogen-bond donors (Lipinski definition) is 1. The van der Waals surface area contributed by atoms with Gasteiger partial charge in [0.2, 0.25) is 15.9 Å². The number of H-pyrrole nitrogens is 1. The van der Waals surface area contributed by atoms with E-state index in [9.17, 15) is 18.0 Å². The average Bonchev–Trinajstić information content (AvgIpc) is 3.39. The lowest BCUT2D eigenvalue weighted by atomic mass is 10.3. The Morgan fingerprint density at radius 1 is 1.03 bits per heavy atom. The van der Waals surface area contributed by atoms with E-state index in [4.69, 9.17) is 0 Å². The summed E-state index contributed by atoms with van der Waals surface area (Å²) in [6.07, 6.45) is 3.06. The van der Waals surface area contributed by atoms with Gasteiger partial charge in [0.1, 0.15) is 17.1 Å². The zero-order chi connectivity index (χ0) is 23.2. The molecule has 0 spiro atoms. The summed E-state index contributed by atoms with van der Waals surface area (Å²) in [5.74, 6) is -0.204. The van der Waals surface area contributed by atoms with Gasteiger partial charge in [-0.1, -0.05) is 12.1 Å². The summed E-state index contributed by atoms with van der Waals surface area (Å²) in [5.41, 5.74) is 1.80. The van der Waals surface area contributed by atoms with Crippen LogP contribution in [0.4, 0.5) is 0 Å².